The topological polar surface area (TPSA) is 127 Å². The predicted octanol–water partition coefficient (Wildman–Crippen LogP) is 0.642. The fraction of sp³-hybridized carbons (Fsp3) is 0.333. The van der Waals surface area contributed by atoms with Gasteiger partial charge in [-0.1, -0.05) is 13.8 Å². The second-order valence-corrected chi connectivity index (χ2v) is 4.40. The van der Waals surface area contributed by atoms with Crippen molar-refractivity contribution in [1.82, 2.24) is 5.32 Å². The molecule has 0 saturated heterocycles. The van der Waals surface area contributed by atoms with Crippen LogP contribution >= 0.6 is 0 Å². The van der Waals surface area contributed by atoms with E-state index in [1.165, 1.54) is 0 Å². The van der Waals surface area contributed by atoms with Gasteiger partial charge in [0.1, 0.15) is 6.04 Å². The van der Waals surface area contributed by atoms with Gasteiger partial charge in [-0.3, -0.25) is 4.79 Å². The molecule has 104 valence electrons. The molecule has 19 heavy (non-hydrogen) atoms. The molecule has 0 spiro atoms. The molecule has 0 fully saturated rings. The molecule has 1 unspecified atom stereocenters. The summed E-state index contributed by atoms with van der Waals surface area (Å²) in [6, 6.07) is 0.776. The Hall–Kier alpha value is -2.44. The van der Waals surface area contributed by atoms with Crippen molar-refractivity contribution in [3.63, 3.8) is 0 Å². The van der Waals surface area contributed by atoms with Crippen molar-refractivity contribution >= 4 is 11.9 Å². The van der Waals surface area contributed by atoms with E-state index in [0.717, 1.165) is 12.1 Å². The number of aliphatic carboxylic acids is 1. The minimum absolute atomic E-state index is 0.153. The number of phenols is 3. The number of amides is 1. The molecule has 5 N–H and O–H groups in total. The first-order valence-electron chi connectivity index (χ1n) is 5.52. The molecule has 1 aromatic rings. The average Bonchev–Trinajstić information content (AvgIpc) is 2.31. The second kappa shape index (κ2) is 5.47. The molecular weight excluding hydrogens is 254 g/mol. The van der Waals surface area contributed by atoms with E-state index in [9.17, 15) is 19.8 Å². The van der Waals surface area contributed by atoms with Crippen molar-refractivity contribution in [2.45, 2.75) is 19.9 Å². The van der Waals surface area contributed by atoms with Crippen LogP contribution in [0, 0.1) is 5.92 Å². The van der Waals surface area contributed by atoms with Crippen LogP contribution in [0.15, 0.2) is 12.1 Å². The number of benzene rings is 1. The highest BCUT2D eigenvalue weighted by Crippen LogP contribution is 2.35. The number of carbonyl (C=O) groups excluding carboxylic acids is 1. The summed E-state index contributed by atoms with van der Waals surface area (Å²) < 4.78 is 0. The van der Waals surface area contributed by atoms with Gasteiger partial charge in [-0.25, -0.2) is 4.79 Å². The Bertz CT molecular complexity index is 488. The van der Waals surface area contributed by atoms with E-state index >= 15 is 0 Å². The predicted molar refractivity (Wildman–Crippen MR) is 65.2 cm³/mol. The summed E-state index contributed by atoms with van der Waals surface area (Å²) in [6.45, 7) is 3.26. The zero-order valence-electron chi connectivity index (χ0n) is 10.4. The summed E-state index contributed by atoms with van der Waals surface area (Å²) in [5.74, 6) is -4.36. The van der Waals surface area contributed by atoms with Gasteiger partial charge in [0, 0.05) is 5.56 Å². The van der Waals surface area contributed by atoms with Crippen LogP contribution in [0.5, 0.6) is 17.2 Å². The van der Waals surface area contributed by atoms with Gasteiger partial charge in [0.05, 0.1) is 0 Å². The van der Waals surface area contributed by atoms with Crippen molar-refractivity contribution in [2.75, 3.05) is 0 Å². The number of hydrogen-bond donors (Lipinski definition) is 5. The molecule has 1 atom stereocenters. The smallest absolute Gasteiger partial charge is 0.326 e. The molecule has 7 heteroatoms. The van der Waals surface area contributed by atoms with Gasteiger partial charge >= 0.3 is 5.97 Å². The average molecular weight is 269 g/mol. The van der Waals surface area contributed by atoms with Crippen LogP contribution < -0.4 is 5.32 Å². The number of carboxylic acids is 1. The van der Waals surface area contributed by atoms with Crippen molar-refractivity contribution in [1.29, 1.82) is 0 Å². The molecule has 0 bridgehead atoms. The molecule has 0 aliphatic heterocycles. The molecule has 7 nitrogen and oxygen atoms in total. The number of phenolic OH excluding ortho intramolecular Hbond substituents is 3. The largest absolute Gasteiger partial charge is 0.504 e. The van der Waals surface area contributed by atoms with Crippen LogP contribution in [0.2, 0.25) is 0 Å². The van der Waals surface area contributed by atoms with Crippen LogP contribution in [0.25, 0.3) is 0 Å². The van der Waals surface area contributed by atoms with E-state index in [4.69, 9.17) is 10.2 Å². The summed E-state index contributed by atoms with van der Waals surface area (Å²) in [4.78, 5) is 22.7. The van der Waals surface area contributed by atoms with Gasteiger partial charge in [-0.2, -0.15) is 0 Å². The van der Waals surface area contributed by atoms with Gasteiger partial charge in [-0.15, -0.1) is 0 Å². The van der Waals surface area contributed by atoms with Crippen LogP contribution in [0.1, 0.15) is 24.2 Å². The molecule has 0 radical (unpaired) electrons. The van der Waals surface area contributed by atoms with Gasteiger partial charge < -0.3 is 25.7 Å². The highest BCUT2D eigenvalue weighted by atomic mass is 16.4. The number of rotatable bonds is 4. The molecule has 1 aromatic carbocycles. The van der Waals surface area contributed by atoms with E-state index in [1.807, 2.05) is 0 Å². The standard InChI is InChI=1S/C12H15NO6/c1-5(2)9(12(18)19)13-11(17)6-3-7(14)10(16)8(15)4-6/h3-5,9,14-16H,1-2H3,(H,13,17)(H,18,19). The third kappa shape index (κ3) is 3.27. The second-order valence-electron chi connectivity index (χ2n) is 4.40. The zero-order valence-corrected chi connectivity index (χ0v) is 10.4. The molecule has 0 saturated carbocycles. The zero-order chi connectivity index (χ0) is 14.7. The lowest BCUT2D eigenvalue weighted by molar-refractivity contribution is -0.140. The van der Waals surface area contributed by atoms with Crippen molar-refractivity contribution in [2.24, 2.45) is 5.92 Å². The Labute approximate surface area is 109 Å². The number of aromatic hydroxyl groups is 3. The Morgan fingerprint density at radius 3 is 1.95 bits per heavy atom. The van der Waals surface area contributed by atoms with Gasteiger partial charge in [0.2, 0.25) is 0 Å². The van der Waals surface area contributed by atoms with E-state index in [1.54, 1.807) is 13.8 Å². The number of nitrogens with one attached hydrogen (secondary N) is 1. The Morgan fingerprint density at radius 2 is 1.58 bits per heavy atom. The van der Waals surface area contributed by atoms with E-state index in [-0.39, 0.29) is 11.5 Å². The first-order valence-corrected chi connectivity index (χ1v) is 5.52. The maximum Gasteiger partial charge on any atom is 0.326 e. The lowest BCUT2D eigenvalue weighted by Crippen LogP contribution is -2.44. The highest BCUT2D eigenvalue weighted by Gasteiger charge is 2.24. The SMILES string of the molecule is CC(C)C(NC(=O)c1cc(O)c(O)c(O)c1)C(=O)O. The van der Waals surface area contributed by atoms with Crippen LogP contribution in [-0.2, 0) is 4.79 Å². The summed E-state index contributed by atoms with van der Waals surface area (Å²) in [5, 5.41) is 38.9. The quantitative estimate of drug-likeness (QED) is 0.510. The number of carbonyl (C=O) groups is 2. The highest BCUT2D eigenvalue weighted by molar-refractivity contribution is 5.97. The fourth-order valence-electron chi connectivity index (χ4n) is 1.47. The lowest BCUT2D eigenvalue weighted by Gasteiger charge is -2.18. The summed E-state index contributed by atoms with van der Waals surface area (Å²) in [6.07, 6.45) is 0. The van der Waals surface area contributed by atoms with E-state index < -0.39 is 35.2 Å². The molecule has 1 amide bonds. The Morgan fingerprint density at radius 1 is 1.11 bits per heavy atom. The molecule has 0 aliphatic carbocycles. The number of hydrogen-bond acceptors (Lipinski definition) is 5. The third-order valence-electron chi connectivity index (χ3n) is 2.55. The lowest BCUT2D eigenvalue weighted by atomic mass is 10.0. The maximum atomic E-state index is 11.8. The summed E-state index contributed by atoms with van der Waals surface area (Å²) >= 11 is 0. The van der Waals surface area contributed by atoms with E-state index in [0.29, 0.717) is 0 Å². The Kier molecular flexibility index (Phi) is 4.21. The molecule has 1 rings (SSSR count). The third-order valence-corrected chi connectivity index (χ3v) is 2.55. The van der Waals surface area contributed by atoms with Crippen molar-refractivity contribution < 1.29 is 30.0 Å². The molecular formula is C12H15NO6. The minimum Gasteiger partial charge on any atom is -0.504 e. The van der Waals surface area contributed by atoms with Gasteiger partial charge in [0.25, 0.3) is 5.91 Å². The molecule has 0 heterocycles. The Balaban J connectivity index is 2.98. The van der Waals surface area contributed by atoms with Crippen molar-refractivity contribution in [3.05, 3.63) is 17.7 Å². The minimum atomic E-state index is -1.18. The first-order chi connectivity index (χ1) is 8.73. The van der Waals surface area contributed by atoms with Crippen LogP contribution in [0.3, 0.4) is 0 Å². The van der Waals surface area contributed by atoms with Crippen LogP contribution in [-0.4, -0.2) is 38.3 Å². The monoisotopic (exact) mass is 269 g/mol. The maximum absolute atomic E-state index is 11.8. The van der Waals surface area contributed by atoms with Gasteiger partial charge in [0.15, 0.2) is 17.2 Å². The van der Waals surface area contributed by atoms with Crippen LogP contribution in [0.4, 0.5) is 0 Å². The van der Waals surface area contributed by atoms with E-state index in [2.05, 4.69) is 5.32 Å². The van der Waals surface area contributed by atoms with Gasteiger partial charge in [-0.05, 0) is 18.1 Å². The molecule has 0 aliphatic rings. The number of carboxylic acid groups (broad SMARTS) is 1. The van der Waals surface area contributed by atoms with Crippen molar-refractivity contribution in [3.8, 4) is 17.2 Å². The molecule has 0 aromatic heterocycles. The summed E-state index contributed by atoms with van der Waals surface area (Å²) in [7, 11) is 0. The normalized spacial score (nSPS) is 12.2. The first kappa shape index (κ1) is 14.6. The fourth-order valence-corrected chi connectivity index (χ4v) is 1.47. The summed E-state index contributed by atoms with van der Waals surface area (Å²) in [5.41, 5.74) is -0.153.